The number of hydrogen-bond acceptors (Lipinski definition) is 6. The lowest BCUT2D eigenvalue weighted by molar-refractivity contribution is -0.120. The summed E-state index contributed by atoms with van der Waals surface area (Å²) in [4.78, 5) is 11.6. The number of terminal acetylenes is 1. The molecule has 0 radical (unpaired) electrons. The highest BCUT2D eigenvalue weighted by Crippen LogP contribution is 2.28. The molecule has 19 heavy (non-hydrogen) atoms. The molecule has 0 aliphatic rings. The van der Waals surface area contributed by atoms with Crippen LogP contribution in [0.5, 0.6) is 0 Å². The first-order valence-electron chi connectivity index (χ1n) is 5.98. The Kier molecular flexibility index (Phi) is 6.67. The summed E-state index contributed by atoms with van der Waals surface area (Å²) < 4.78 is 0.773. The van der Waals surface area contributed by atoms with Crippen molar-refractivity contribution in [2.24, 2.45) is 5.92 Å². The average molecular weight is 298 g/mol. The molecule has 0 spiro atoms. The molecular weight excluding hydrogens is 280 g/mol. The minimum atomic E-state index is -0.237. The maximum atomic E-state index is 11.6. The van der Waals surface area contributed by atoms with Crippen molar-refractivity contribution in [2.45, 2.75) is 30.4 Å². The van der Waals surface area contributed by atoms with E-state index in [1.54, 1.807) is 0 Å². The molecule has 104 valence electrons. The van der Waals surface area contributed by atoms with Crippen molar-refractivity contribution in [1.29, 1.82) is 0 Å². The number of aromatic nitrogens is 2. The van der Waals surface area contributed by atoms with Gasteiger partial charge in [-0.05, 0) is 12.8 Å². The van der Waals surface area contributed by atoms with Crippen molar-refractivity contribution in [1.82, 2.24) is 15.5 Å². The monoisotopic (exact) mass is 298 g/mol. The molecule has 0 fully saturated rings. The fourth-order valence-electron chi connectivity index (χ4n) is 1.11. The Hall–Kier alpha value is -1.26. The van der Waals surface area contributed by atoms with E-state index in [-0.39, 0.29) is 17.7 Å². The number of hydrogen-bond donors (Lipinski definition) is 2. The number of nitrogens with one attached hydrogen (secondary N) is 2. The van der Waals surface area contributed by atoms with Crippen LogP contribution in [0, 0.1) is 18.3 Å². The quantitative estimate of drug-likeness (QED) is 0.594. The van der Waals surface area contributed by atoms with E-state index < -0.39 is 0 Å². The summed E-state index contributed by atoms with van der Waals surface area (Å²) in [5, 5.41) is 14.5. The van der Waals surface area contributed by atoms with Gasteiger partial charge in [-0.1, -0.05) is 42.9 Å². The Morgan fingerprint density at radius 2 is 2.21 bits per heavy atom. The molecule has 2 N–H and O–H groups in total. The molecule has 0 saturated carbocycles. The number of thioether (sulfide) groups is 1. The third-order valence-electron chi connectivity index (χ3n) is 2.08. The molecule has 1 unspecified atom stereocenters. The van der Waals surface area contributed by atoms with Crippen LogP contribution in [0.1, 0.15) is 20.8 Å². The van der Waals surface area contributed by atoms with E-state index in [0.717, 1.165) is 16.0 Å². The van der Waals surface area contributed by atoms with Gasteiger partial charge in [0.05, 0.1) is 11.8 Å². The normalized spacial score (nSPS) is 11.9. The molecule has 7 heteroatoms. The van der Waals surface area contributed by atoms with Gasteiger partial charge in [-0.25, -0.2) is 0 Å². The molecule has 1 aromatic heterocycles. The highest BCUT2D eigenvalue weighted by atomic mass is 32.2. The molecule has 1 heterocycles. The predicted octanol–water partition coefficient (Wildman–Crippen LogP) is 1.84. The van der Waals surface area contributed by atoms with E-state index in [4.69, 9.17) is 6.42 Å². The molecular formula is C12H18N4OS2. The highest BCUT2D eigenvalue weighted by Gasteiger charge is 2.16. The summed E-state index contributed by atoms with van der Waals surface area (Å²) in [5.41, 5.74) is 0. The molecule has 5 nitrogen and oxygen atoms in total. The van der Waals surface area contributed by atoms with E-state index in [9.17, 15) is 4.79 Å². The van der Waals surface area contributed by atoms with Crippen LogP contribution in [-0.4, -0.2) is 34.4 Å². The SMILES string of the molecule is C#CCNC(=O)C(C)Sc1nnc(NCC(C)C)s1. The van der Waals surface area contributed by atoms with Crippen LogP contribution in [0.25, 0.3) is 0 Å². The lowest BCUT2D eigenvalue weighted by atomic mass is 10.2. The first kappa shape index (κ1) is 15.8. The van der Waals surface area contributed by atoms with E-state index in [0.29, 0.717) is 5.92 Å². The van der Waals surface area contributed by atoms with E-state index in [2.05, 4.69) is 40.6 Å². The maximum absolute atomic E-state index is 11.6. The summed E-state index contributed by atoms with van der Waals surface area (Å²) in [6.45, 7) is 7.18. The summed E-state index contributed by atoms with van der Waals surface area (Å²) in [6, 6.07) is 0. The van der Waals surface area contributed by atoms with Crippen LogP contribution >= 0.6 is 23.1 Å². The summed E-state index contributed by atoms with van der Waals surface area (Å²) >= 11 is 2.84. The second kappa shape index (κ2) is 8.02. The summed E-state index contributed by atoms with van der Waals surface area (Å²) in [7, 11) is 0. The highest BCUT2D eigenvalue weighted by molar-refractivity contribution is 8.02. The van der Waals surface area contributed by atoms with Gasteiger partial charge in [0.15, 0.2) is 4.34 Å². The molecule has 0 aromatic carbocycles. The minimum Gasteiger partial charge on any atom is -0.360 e. The number of carbonyl (C=O) groups excluding carboxylic acids is 1. The number of nitrogens with zero attached hydrogens (tertiary/aromatic N) is 2. The van der Waals surface area contributed by atoms with Gasteiger partial charge >= 0.3 is 0 Å². The van der Waals surface area contributed by atoms with E-state index in [1.807, 2.05) is 6.92 Å². The Labute approximate surface area is 122 Å². The molecule has 1 atom stereocenters. The van der Waals surface area contributed by atoms with Crippen LogP contribution < -0.4 is 10.6 Å². The zero-order chi connectivity index (χ0) is 14.3. The smallest absolute Gasteiger partial charge is 0.234 e. The molecule has 0 bridgehead atoms. The summed E-state index contributed by atoms with van der Waals surface area (Å²) in [5.74, 6) is 2.83. The van der Waals surface area contributed by atoms with Crippen molar-refractivity contribution in [3.8, 4) is 12.3 Å². The van der Waals surface area contributed by atoms with Crippen LogP contribution in [0.3, 0.4) is 0 Å². The van der Waals surface area contributed by atoms with Gasteiger partial charge in [-0.3, -0.25) is 4.79 Å². The van der Waals surface area contributed by atoms with Crippen LogP contribution in [0.4, 0.5) is 5.13 Å². The minimum absolute atomic E-state index is 0.0881. The van der Waals surface area contributed by atoms with E-state index in [1.165, 1.54) is 23.1 Å². The lowest BCUT2D eigenvalue weighted by Crippen LogP contribution is -2.30. The predicted molar refractivity (Wildman–Crippen MR) is 80.4 cm³/mol. The molecule has 1 rings (SSSR count). The zero-order valence-corrected chi connectivity index (χ0v) is 12.9. The van der Waals surface area contributed by atoms with Crippen LogP contribution in [0.2, 0.25) is 0 Å². The third kappa shape index (κ3) is 5.94. The molecule has 1 aromatic rings. The number of anilines is 1. The standard InChI is InChI=1S/C12H18N4OS2/c1-5-6-13-10(17)9(4)18-12-16-15-11(19-12)14-7-8(2)3/h1,8-9H,6-7H2,2-4H3,(H,13,17)(H,14,15). The van der Waals surface area contributed by atoms with Crippen LogP contribution in [-0.2, 0) is 4.79 Å². The molecule has 0 aliphatic heterocycles. The fraction of sp³-hybridized carbons (Fsp3) is 0.583. The van der Waals surface area contributed by atoms with E-state index >= 15 is 0 Å². The van der Waals surface area contributed by atoms with Crippen molar-refractivity contribution in [3.05, 3.63) is 0 Å². The number of amides is 1. The summed E-state index contributed by atoms with van der Waals surface area (Å²) in [6.07, 6.45) is 5.09. The third-order valence-corrected chi connectivity index (χ3v) is 4.14. The average Bonchev–Trinajstić information content (AvgIpc) is 2.81. The maximum Gasteiger partial charge on any atom is 0.234 e. The largest absolute Gasteiger partial charge is 0.360 e. The first-order chi connectivity index (χ1) is 9.02. The second-order valence-electron chi connectivity index (χ2n) is 4.33. The van der Waals surface area contributed by atoms with Gasteiger partial charge < -0.3 is 10.6 Å². The Bertz CT molecular complexity index is 453. The molecule has 1 amide bonds. The van der Waals surface area contributed by atoms with Gasteiger partial charge in [0.1, 0.15) is 0 Å². The topological polar surface area (TPSA) is 66.9 Å². The van der Waals surface area contributed by atoms with Crippen molar-refractivity contribution in [2.75, 3.05) is 18.4 Å². The van der Waals surface area contributed by atoms with Gasteiger partial charge in [0.2, 0.25) is 11.0 Å². The Balaban J connectivity index is 2.44. The Morgan fingerprint density at radius 3 is 2.84 bits per heavy atom. The van der Waals surface area contributed by atoms with Crippen molar-refractivity contribution >= 4 is 34.1 Å². The lowest BCUT2D eigenvalue weighted by Gasteiger charge is -2.07. The number of carbonyl (C=O) groups is 1. The van der Waals surface area contributed by atoms with Crippen molar-refractivity contribution < 1.29 is 4.79 Å². The Morgan fingerprint density at radius 1 is 1.47 bits per heavy atom. The van der Waals surface area contributed by atoms with Gasteiger partial charge in [0, 0.05) is 6.54 Å². The number of rotatable bonds is 7. The molecule has 0 saturated heterocycles. The van der Waals surface area contributed by atoms with Crippen LogP contribution in [0.15, 0.2) is 4.34 Å². The van der Waals surface area contributed by atoms with Gasteiger partial charge in [-0.15, -0.1) is 16.6 Å². The first-order valence-corrected chi connectivity index (χ1v) is 7.67. The zero-order valence-electron chi connectivity index (χ0n) is 11.3. The van der Waals surface area contributed by atoms with Gasteiger partial charge in [0.25, 0.3) is 0 Å². The van der Waals surface area contributed by atoms with Gasteiger partial charge in [-0.2, -0.15) is 0 Å². The molecule has 0 aliphatic carbocycles. The fourth-order valence-corrected chi connectivity index (χ4v) is 3.03. The van der Waals surface area contributed by atoms with Crippen molar-refractivity contribution in [3.63, 3.8) is 0 Å². The second-order valence-corrected chi connectivity index (χ2v) is 6.90.